The van der Waals surface area contributed by atoms with E-state index in [9.17, 15) is 4.79 Å². The molecule has 12 heavy (non-hydrogen) atoms. The van der Waals surface area contributed by atoms with Gasteiger partial charge in [-0.05, 0) is 12.2 Å². The molecule has 0 saturated carbocycles. The Kier molecular flexibility index (Phi) is 1.46. The highest BCUT2D eigenvalue weighted by Crippen LogP contribution is 2.21. The Labute approximate surface area is 69.5 Å². The molecule has 1 unspecified atom stereocenters. The Balaban J connectivity index is 2.34. The quantitative estimate of drug-likeness (QED) is 0.571. The van der Waals surface area contributed by atoms with Crippen LogP contribution in [0.15, 0.2) is 18.6 Å². The molecule has 1 atom stereocenters. The Hall–Kier alpha value is -1.58. The van der Waals surface area contributed by atoms with E-state index in [1.165, 1.54) is 7.11 Å². The third kappa shape index (κ3) is 0.845. The lowest BCUT2D eigenvalue weighted by molar-refractivity contribution is -0.142. The van der Waals surface area contributed by atoms with Crippen molar-refractivity contribution in [1.82, 2.24) is 9.55 Å². The number of rotatable bonds is 1. The second-order valence-electron chi connectivity index (χ2n) is 2.55. The van der Waals surface area contributed by atoms with Crippen LogP contribution in [-0.2, 0) is 9.53 Å². The van der Waals surface area contributed by atoms with Crippen LogP contribution in [0.5, 0.6) is 0 Å². The molecular weight excluding hydrogens is 156 g/mol. The Bertz CT molecular complexity index is 341. The number of ether oxygens (including phenoxy) is 1. The van der Waals surface area contributed by atoms with Crippen LogP contribution in [0.25, 0.3) is 6.08 Å². The molecule has 62 valence electrons. The summed E-state index contributed by atoms with van der Waals surface area (Å²) in [7, 11) is 1.38. The summed E-state index contributed by atoms with van der Waals surface area (Å²) in [4.78, 5) is 15.1. The summed E-state index contributed by atoms with van der Waals surface area (Å²) >= 11 is 0. The normalized spacial score (nSPS) is 19.2. The number of aromatic nitrogens is 2. The summed E-state index contributed by atoms with van der Waals surface area (Å²) in [5.74, 6) is -0.261. The van der Waals surface area contributed by atoms with E-state index in [4.69, 9.17) is 0 Å². The second-order valence-corrected chi connectivity index (χ2v) is 2.55. The van der Waals surface area contributed by atoms with Gasteiger partial charge in [0.15, 0.2) is 6.04 Å². The largest absolute Gasteiger partial charge is 0.467 e. The monoisotopic (exact) mass is 164 g/mol. The fourth-order valence-corrected chi connectivity index (χ4v) is 1.27. The average molecular weight is 164 g/mol. The molecule has 1 aliphatic rings. The number of imidazole rings is 1. The number of esters is 1. The zero-order valence-corrected chi connectivity index (χ0v) is 6.60. The van der Waals surface area contributed by atoms with Crippen LogP contribution in [0.4, 0.5) is 0 Å². The first-order valence-corrected chi connectivity index (χ1v) is 3.61. The van der Waals surface area contributed by atoms with Crippen LogP contribution in [0.3, 0.4) is 0 Å². The lowest BCUT2D eigenvalue weighted by Crippen LogP contribution is -2.16. The van der Waals surface area contributed by atoms with E-state index in [0.29, 0.717) is 0 Å². The molecule has 0 radical (unpaired) electrons. The molecule has 0 aromatic carbocycles. The van der Waals surface area contributed by atoms with Crippen molar-refractivity contribution in [3.63, 3.8) is 0 Å². The van der Waals surface area contributed by atoms with Crippen LogP contribution in [0.2, 0.25) is 0 Å². The van der Waals surface area contributed by atoms with Gasteiger partial charge < -0.3 is 9.30 Å². The highest BCUT2D eigenvalue weighted by Gasteiger charge is 2.23. The predicted molar refractivity (Wildman–Crippen MR) is 42.3 cm³/mol. The molecule has 0 amide bonds. The smallest absolute Gasteiger partial charge is 0.332 e. The molecule has 0 bridgehead atoms. The van der Waals surface area contributed by atoms with E-state index in [0.717, 1.165) is 5.69 Å². The number of hydrogen-bond acceptors (Lipinski definition) is 3. The van der Waals surface area contributed by atoms with Gasteiger partial charge in [-0.1, -0.05) is 0 Å². The van der Waals surface area contributed by atoms with Gasteiger partial charge in [-0.2, -0.15) is 0 Å². The van der Waals surface area contributed by atoms with Crippen LogP contribution < -0.4 is 0 Å². The number of carbonyl (C=O) groups excluding carboxylic acids is 1. The van der Waals surface area contributed by atoms with E-state index in [2.05, 4.69) is 9.72 Å². The van der Waals surface area contributed by atoms with Crippen molar-refractivity contribution < 1.29 is 9.53 Å². The number of hydrogen-bond donors (Lipinski definition) is 0. The van der Waals surface area contributed by atoms with E-state index in [-0.39, 0.29) is 12.0 Å². The first-order chi connectivity index (χ1) is 5.83. The van der Waals surface area contributed by atoms with Crippen molar-refractivity contribution >= 4 is 12.0 Å². The average Bonchev–Trinajstić information content (AvgIpc) is 2.62. The standard InChI is InChI=1S/C8H8N2O2/c1-12-8(11)7-3-2-6-4-9-5-10(6)7/h2-5,7H,1H3. The summed E-state index contributed by atoms with van der Waals surface area (Å²) < 4.78 is 6.39. The highest BCUT2D eigenvalue weighted by atomic mass is 16.5. The van der Waals surface area contributed by atoms with Crippen LogP contribution in [-0.4, -0.2) is 22.6 Å². The maximum Gasteiger partial charge on any atom is 0.332 e. The molecule has 0 saturated heterocycles. The molecule has 0 N–H and O–H groups in total. The SMILES string of the molecule is COC(=O)C1C=Cc2cncn21. The van der Waals surface area contributed by atoms with Gasteiger partial charge in [0.1, 0.15) is 0 Å². The first kappa shape index (κ1) is 7.09. The maximum absolute atomic E-state index is 11.2. The molecule has 0 aliphatic carbocycles. The summed E-state index contributed by atoms with van der Waals surface area (Å²) in [6, 6.07) is -0.326. The third-order valence-corrected chi connectivity index (χ3v) is 1.89. The number of methoxy groups -OCH3 is 1. The van der Waals surface area contributed by atoms with Crippen molar-refractivity contribution in [3.8, 4) is 0 Å². The molecule has 0 spiro atoms. The molecule has 1 aromatic heterocycles. The molecule has 0 fully saturated rings. The van der Waals surface area contributed by atoms with E-state index in [1.54, 1.807) is 23.2 Å². The number of nitrogens with zero attached hydrogens (tertiary/aromatic N) is 2. The molecule has 2 rings (SSSR count). The summed E-state index contributed by atoms with van der Waals surface area (Å²) in [5.41, 5.74) is 0.936. The summed E-state index contributed by atoms with van der Waals surface area (Å²) in [6.45, 7) is 0. The van der Waals surface area contributed by atoms with Crippen LogP contribution in [0, 0.1) is 0 Å². The lowest BCUT2D eigenvalue weighted by atomic mass is 10.3. The van der Waals surface area contributed by atoms with Crippen molar-refractivity contribution in [3.05, 3.63) is 24.3 Å². The van der Waals surface area contributed by atoms with Crippen LogP contribution in [0.1, 0.15) is 11.7 Å². The predicted octanol–water partition coefficient (Wildman–Crippen LogP) is 0.624. The minimum Gasteiger partial charge on any atom is -0.467 e. The molecular formula is C8H8N2O2. The zero-order chi connectivity index (χ0) is 8.55. The highest BCUT2D eigenvalue weighted by molar-refractivity contribution is 5.79. The third-order valence-electron chi connectivity index (χ3n) is 1.89. The number of fused-ring (bicyclic) bond motifs is 1. The fraction of sp³-hybridized carbons (Fsp3) is 0.250. The molecule has 2 heterocycles. The first-order valence-electron chi connectivity index (χ1n) is 3.61. The maximum atomic E-state index is 11.2. The van der Waals surface area contributed by atoms with Gasteiger partial charge in [-0.3, -0.25) is 0 Å². The number of carbonyl (C=O) groups is 1. The van der Waals surface area contributed by atoms with Gasteiger partial charge in [-0.15, -0.1) is 0 Å². The second kappa shape index (κ2) is 2.48. The summed E-state index contributed by atoms with van der Waals surface area (Å²) in [6.07, 6.45) is 6.98. The van der Waals surface area contributed by atoms with Gasteiger partial charge in [-0.25, -0.2) is 9.78 Å². The van der Waals surface area contributed by atoms with Gasteiger partial charge in [0.25, 0.3) is 0 Å². The van der Waals surface area contributed by atoms with E-state index < -0.39 is 0 Å². The fourth-order valence-electron chi connectivity index (χ4n) is 1.27. The van der Waals surface area contributed by atoms with Gasteiger partial charge in [0, 0.05) is 0 Å². The lowest BCUT2D eigenvalue weighted by Gasteiger charge is -2.07. The Morgan fingerprint density at radius 2 is 2.58 bits per heavy atom. The molecule has 4 heteroatoms. The van der Waals surface area contributed by atoms with Gasteiger partial charge >= 0.3 is 5.97 Å². The van der Waals surface area contributed by atoms with E-state index >= 15 is 0 Å². The topological polar surface area (TPSA) is 44.1 Å². The summed E-state index contributed by atoms with van der Waals surface area (Å²) in [5, 5.41) is 0. The minimum atomic E-state index is -0.326. The molecule has 4 nitrogen and oxygen atoms in total. The van der Waals surface area contributed by atoms with Gasteiger partial charge in [0.05, 0.1) is 25.3 Å². The van der Waals surface area contributed by atoms with Crippen LogP contribution >= 0.6 is 0 Å². The van der Waals surface area contributed by atoms with Crippen molar-refractivity contribution in [2.24, 2.45) is 0 Å². The van der Waals surface area contributed by atoms with Crippen molar-refractivity contribution in [2.75, 3.05) is 7.11 Å². The van der Waals surface area contributed by atoms with Crippen molar-refractivity contribution in [1.29, 1.82) is 0 Å². The Morgan fingerprint density at radius 3 is 3.33 bits per heavy atom. The van der Waals surface area contributed by atoms with E-state index in [1.807, 2.05) is 6.08 Å². The van der Waals surface area contributed by atoms with Gasteiger partial charge in [0.2, 0.25) is 0 Å². The Morgan fingerprint density at radius 1 is 1.75 bits per heavy atom. The minimum absolute atomic E-state index is 0.261. The molecule has 1 aliphatic heterocycles. The van der Waals surface area contributed by atoms with Crippen molar-refractivity contribution in [2.45, 2.75) is 6.04 Å². The zero-order valence-electron chi connectivity index (χ0n) is 6.60. The molecule has 1 aromatic rings.